The number of nitrogens with one attached hydrogen (secondary N) is 2. The number of urea groups is 1. The molecule has 2 amide bonds. The lowest BCUT2D eigenvalue weighted by Gasteiger charge is -2.16. The van der Waals surface area contributed by atoms with Crippen molar-refractivity contribution in [1.82, 2.24) is 10.6 Å². The Morgan fingerprint density at radius 1 is 1.23 bits per heavy atom. The van der Waals surface area contributed by atoms with E-state index in [2.05, 4.69) is 31.4 Å². The van der Waals surface area contributed by atoms with Gasteiger partial charge in [0.2, 0.25) is 0 Å². The number of hydrogen-bond donors (Lipinski definition) is 2. The minimum absolute atomic E-state index is 0.0469. The van der Waals surface area contributed by atoms with Crippen LogP contribution in [0.5, 0.6) is 0 Å². The highest BCUT2D eigenvalue weighted by Gasteiger charge is 2.07. The van der Waals surface area contributed by atoms with Crippen LogP contribution in [0.3, 0.4) is 0 Å². The maximum Gasteiger partial charge on any atom is 0.314 e. The monoisotopic (exact) mass is 186 g/mol. The van der Waals surface area contributed by atoms with E-state index in [1.54, 1.807) is 0 Å². The van der Waals surface area contributed by atoms with E-state index in [-0.39, 0.29) is 6.03 Å². The van der Waals surface area contributed by atoms with Crippen LogP contribution in [-0.2, 0) is 0 Å². The van der Waals surface area contributed by atoms with Crippen LogP contribution < -0.4 is 10.6 Å². The molecule has 0 aliphatic rings. The molecule has 3 heteroatoms. The Morgan fingerprint density at radius 2 is 1.85 bits per heavy atom. The zero-order chi connectivity index (χ0) is 10.3. The fraction of sp³-hybridized carbons (Fsp3) is 0.900. The van der Waals surface area contributed by atoms with Crippen LogP contribution in [-0.4, -0.2) is 19.1 Å². The highest BCUT2D eigenvalue weighted by atomic mass is 16.2. The van der Waals surface area contributed by atoms with Crippen molar-refractivity contribution >= 4 is 6.03 Å². The highest BCUT2D eigenvalue weighted by Crippen LogP contribution is 2.07. The van der Waals surface area contributed by atoms with Gasteiger partial charge in [-0.2, -0.15) is 0 Å². The molecule has 13 heavy (non-hydrogen) atoms. The van der Waals surface area contributed by atoms with Gasteiger partial charge in [-0.3, -0.25) is 0 Å². The molecule has 1 atom stereocenters. The molecule has 0 aromatic rings. The fourth-order valence-corrected chi connectivity index (χ4v) is 0.790. The third-order valence-corrected chi connectivity index (χ3v) is 2.26. The van der Waals surface area contributed by atoms with E-state index in [1.165, 1.54) is 0 Å². The van der Waals surface area contributed by atoms with Crippen LogP contribution in [0.2, 0.25) is 0 Å². The summed E-state index contributed by atoms with van der Waals surface area (Å²) in [6.45, 7) is 10.0. The Kier molecular flexibility index (Phi) is 6.37. The first-order valence-corrected chi connectivity index (χ1v) is 5.09. The number of amides is 2. The first-order valence-electron chi connectivity index (χ1n) is 5.09. The predicted molar refractivity (Wildman–Crippen MR) is 55.7 cm³/mol. The molecular weight excluding hydrogens is 164 g/mol. The zero-order valence-electron chi connectivity index (χ0n) is 9.18. The van der Waals surface area contributed by atoms with Gasteiger partial charge in [-0.1, -0.05) is 27.7 Å². The summed E-state index contributed by atoms with van der Waals surface area (Å²) in [5.41, 5.74) is 0. The highest BCUT2D eigenvalue weighted by molar-refractivity contribution is 5.73. The van der Waals surface area contributed by atoms with Gasteiger partial charge in [0, 0.05) is 13.1 Å². The Hall–Kier alpha value is -0.730. The van der Waals surface area contributed by atoms with Crippen LogP contribution in [0.4, 0.5) is 4.79 Å². The number of rotatable bonds is 5. The second-order valence-corrected chi connectivity index (χ2v) is 3.86. The Morgan fingerprint density at radius 3 is 2.31 bits per heavy atom. The third kappa shape index (κ3) is 6.43. The first-order chi connectivity index (χ1) is 6.07. The van der Waals surface area contributed by atoms with E-state index in [1.807, 2.05) is 6.92 Å². The molecule has 0 bridgehead atoms. The normalized spacial score (nSPS) is 12.7. The number of carbonyl (C=O) groups excluding carboxylic acids is 1. The summed E-state index contributed by atoms with van der Waals surface area (Å²) in [5.74, 6) is 1.15. The van der Waals surface area contributed by atoms with Crippen molar-refractivity contribution in [3.63, 3.8) is 0 Å². The van der Waals surface area contributed by atoms with E-state index in [0.717, 1.165) is 19.5 Å². The summed E-state index contributed by atoms with van der Waals surface area (Å²) in [6, 6.07) is -0.0469. The van der Waals surface area contributed by atoms with Gasteiger partial charge < -0.3 is 10.6 Å². The van der Waals surface area contributed by atoms with Gasteiger partial charge in [-0.25, -0.2) is 4.79 Å². The maximum absolute atomic E-state index is 11.1. The Balaban J connectivity index is 3.46. The molecule has 0 spiro atoms. The van der Waals surface area contributed by atoms with Crippen molar-refractivity contribution in [3.8, 4) is 0 Å². The van der Waals surface area contributed by atoms with Gasteiger partial charge >= 0.3 is 6.03 Å². The summed E-state index contributed by atoms with van der Waals surface area (Å²) in [5, 5.41) is 5.63. The fourth-order valence-electron chi connectivity index (χ4n) is 0.790. The lowest BCUT2D eigenvalue weighted by molar-refractivity contribution is 0.237. The molecular formula is C10H22N2O. The molecule has 2 N–H and O–H groups in total. The van der Waals surface area contributed by atoms with Gasteiger partial charge in [0.25, 0.3) is 0 Å². The van der Waals surface area contributed by atoms with Crippen LogP contribution in [0.1, 0.15) is 34.1 Å². The summed E-state index contributed by atoms with van der Waals surface area (Å²) in [4.78, 5) is 11.1. The van der Waals surface area contributed by atoms with Gasteiger partial charge in [-0.05, 0) is 18.3 Å². The molecule has 0 aromatic heterocycles. The molecule has 3 nitrogen and oxygen atoms in total. The first kappa shape index (κ1) is 12.3. The second kappa shape index (κ2) is 6.75. The van der Waals surface area contributed by atoms with Crippen molar-refractivity contribution in [2.75, 3.05) is 13.1 Å². The minimum Gasteiger partial charge on any atom is -0.338 e. The summed E-state index contributed by atoms with van der Waals surface area (Å²) < 4.78 is 0. The van der Waals surface area contributed by atoms with Crippen molar-refractivity contribution in [2.24, 2.45) is 11.8 Å². The Bertz CT molecular complexity index is 146. The molecule has 0 saturated heterocycles. The minimum atomic E-state index is -0.0469. The van der Waals surface area contributed by atoms with Crippen molar-refractivity contribution in [3.05, 3.63) is 0 Å². The maximum atomic E-state index is 11.1. The van der Waals surface area contributed by atoms with Crippen molar-refractivity contribution in [1.29, 1.82) is 0 Å². The van der Waals surface area contributed by atoms with E-state index >= 15 is 0 Å². The molecule has 0 radical (unpaired) electrons. The summed E-state index contributed by atoms with van der Waals surface area (Å²) in [6.07, 6.45) is 0.979. The van der Waals surface area contributed by atoms with Gasteiger partial charge in [0.05, 0.1) is 0 Å². The van der Waals surface area contributed by atoms with Crippen molar-refractivity contribution < 1.29 is 4.79 Å². The standard InChI is InChI=1S/C10H22N2O/c1-5-6-11-10(13)12-7-9(4)8(2)3/h8-9H,5-7H2,1-4H3,(H2,11,12,13). The molecule has 0 aromatic carbocycles. The number of carbonyl (C=O) groups is 1. The van der Waals surface area contributed by atoms with Crippen LogP contribution >= 0.6 is 0 Å². The Labute approximate surface area is 81.3 Å². The third-order valence-electron chi connectivity index (χ3n) is 2.26. The van der Waals surface area contributed by atoms with Gasteiger partial charge in [0.1, 0.15) is 0 Å². The van der Waals surface area contributed by atoms with Gasteiger partial charge in [0.15, 0.2) is 0 Å². The van der Waals surface area contributed by atoms with E-state index in [4.69, 9.17) is 0 Å². The molecule has 78 valence electrons. The van der Waals surface area contributed by atoms with Crippen LogP contribution in [0.15, 0.2) is 0 Å². The van der Waals surface area contributed by atoms with Gasteiger partial charge in [-0.15, -0.1) is 0 Å². The van der Waals surface area contributed by atoms with E-state index < -0.39 is 0 Å². The van der Waals surface area contributed by atoms with Crippen LogP contribution in [0, 0.1) is 11.8 Å². The summed E-state index contributed by atoms with van der Waals surface area (Å²) in [7, 11) is 0. The number of hydrogen-bond acceptors (Lipinski definition) is 1. The largest absolute Gasteiger partial charge is 0.338 e. The predicted octanol–water partition coefficient (Wildman–Crippen LogP) is 1.99. The molecule has 0 aliphatic heterocycles. The SMILES string of the molecule is CCCNC(=O)NCC(C)C(C)C. The quantitative estimate of drug-likeness (QED) is 0.677. The van der Waals surface area contributed by atoms with Crippen molar-refractivity contribution in [2.45, 2.75) is 34.1 Å². The van der Waals surface area contributed by atoms with E-state index in [9.17, 15) is 4.79 Å². The van der Waals surface area contributed by atoms with E-state index in [0.29, 0.717) is 11.8 Å². The lowest BCUT2D eigenvalue weighted by atomic mass is 9.98. The topological polar surface area (TPSA) is 41.1 Å². The van der Waals surface area contributed by atoms with Crippen LogP contribution in [0.25, 0.3) is 0 Å². The lowest BCUT2D eigenvalue weighted by Crippen LogP contribution is -2.38. The molecule has 1 unspecified atom stereocenters. The molecule has 0 saturated carbocycles. The molecule has 0 rings (SSSR count). The molecule has 0 fully saturated rings. The molecule has 0 heterocycles. The average molecular weight is 186 g/mol. The smallest absolute Gasteiger partial charge is 0.314 e. The second-order valence-electron chi connectivity index (χ2n) is 3.86. The summed E-state index contributed by atoms with van der Waals surface area (Å²) >= 11 is 0. The average Bonchev–Trinajstić information content (AvgIpc) is 2.10. The zero-order valence-corrected chi connectivity index (χ0v) is 9.18. The molecule has 0 aliphatic carbocycles.